The second-order valence-corrected chi connectivity index (χ2v) is 4.85. The second-order valence-electron chi connectivity index (χ2n) is 4.85. The molecule has 1 saturated carbocycles. The molecule has 2 aromatic rings. The Hall–Kier alpha value is -2.18. The van der Waals surface area contributed by atoms with Crippen molar-refractivity contribution in [2.75, 3.05) is 5.32 Å². The number of aromatic amines is 1. The van der Waals surface area contributed by atoms with Gasteiger partial charge in [0, 0.05) is 6.04 Å². The van der Waals surface area contributed by atoms with Gasteiger partial charge < -0.3 is 15.4 Å². The predicted molar refractivity (Wildman–Crippen MR) is 68.7 cm³/mol. The van der Waals surface area contributed by atoms with Crippen molar-refractivity contribution in [2.45, 2.75) is 31.7 Å². The Bertz CT molecular complexity index is 589. The Morgan fingerprint density at radius 1 is 1.26 bits per heavy atom. The van der Waals surface area contributed by atoms with Gasteiger partial charge >= 0.3 is 5.97 Å². The average molecular weight is 261 g/mol. The van der Waals surface area contributed by atoms with Crippen LogP contribution in [0.2, 0.25) is 0 Å². The minimum absolute atomic E-state index is 0.198. The molecule has 7 nitrogen and oxygen atoms in total. The number of carboxylic acids is 1. The summed E-state index contributed by atoms with van der Waals surface area (Å²) in [7, 11) is 0. The van der Waals surface area contributed by atoms with Gasteiger partial charge in [-0.15, -0.1) is 0 Å². The molecule has 0 aliphatic heterocycles. The fourth-order valence-electron chi connectivity index (χ4n) is 2.55. The van der Waals surface area contributed by atoms with Gasteiger partial charge in [-0.2, -0.15) is 0 Å². The Kier molecular flexibility index (Phi) is 3.02. The predicted octanol–water partition coefficient (Wildman–Crippen LogP) is 1.41. The number of carbonyl (C=O) groups is 1. The molecule has 0 spiro atoms. The zero-order chi connectivity index (χ0) is 13.2. The molecule has 1 aliphatic rings. The van der Waals surface area contributed by atoms with E-state index in [9.17, 15) is 4.79 Å². The molecule has 100 valence electrons. The maximum Gasteiger partial charge on any atom is 0.306 e. The molecule has 1 aliphatic carbocycles. The number of imidazole rings is 1. The largest absolute Gasteiger partial charge is 0.481 e. The summed E-state index contributed by atoms with van der Waals surface area (Å²) in [6.07, 6.45) is 6.18. The molecule has 1 fully saturated rings. The Labute approximate surface area is 109 Å². The molecule has 2 aromatic heterocycles. The highest BCUT2D eigenvalue weighted by atomic mass is 16.4. The second kappa shape index (κ2) is 4.83. The minimum atomic E-state index is -0.684. The van der Waals surface area contributed by atoms with E-state index < -0.39 is 5.97 Å². The Balaban J connectivity index is 1.69. The van der Waals surface area contributed by atoms with Gasteiger partial charge in [0.05, 0.1) is 12.2 Å². The normalized spacial score (nSPS) is 23.4. The van der Waals surface area contributed by atoms with Gasteiger partial charge in [-0.3, -0.25) is 4.79 Å². The van der Waals surface area contributed by atoms with E-state index in [0.717, 1.165) is 24.2 Å². The van der Waals surface area contributed by atoms with E-state index in [1.165, 1.54) is 6.33 Å². The van der Waals surface area contributed by atoms with Crippen molar-refractivity contribution in [3.63, 3.8) is 0 Å². The van der Waals surface area contributed by atoms with Crippen LogP contribution < -0.4 is 5.32 Å². The van der Waals surface area contributed by atoms with Crippen LogP contribution in [0.3, 0.4) is 0 Å². The molecule has 0 atom stereocenters. The zero-order valence-corrected chi connectivity index (χ0v) is 10.3. The number of hydrogen-bond acceptors (Lipinski definition) is 5. The van der Waals surface area contributed by atoms with Crippen LogP contribution in [0.4, 0.5) is 5.82 Å². The lowest BCUT2D eigenvalue weighted by Crippen LogP contribution is -2.29. The third kappa shape index (κ3) is 2.35. The van der Waals surface area contributed by atoms with E-state index in [4.69, 9.17) is 5.11 Å². The van der Waals surface area contributed by atoms with Crippen LogP contribution in [-0.2, 0) is 4.79 Å². The minimum Gasteiger partial charge on any atom is -0.481 e. The maximum absolute atomic E-state index is 10.9. The summed E-state index contributed by atoms with van der Waals surface area (Å²) >= 11 is 0. The van der Waals surface area contributed by atoms with Crippen molar-refractivity contribution in [1.29, 1.82) is 0 Å². The third-order valence-electron chi connectivity index (χ3n) is 3.64. The van der Waals surface area contributed by atoms with E-state index in [1.807, 2.05) is 0 Å². The standard InChI is InChI=1S/C12H15N5O2/c18-12(19)7-1-3-8(4-2-7)17-11-9-10(14-5-13-9)15-6-16-11/h5-8H,1-4H2,(H,18,19)(H2,13,14,15,16,17). The third-order valence-corrected chi connectivity index (χ3v) is 3.64. The van der Waals surface area contributed by atoms with Gasteiger partial charge in [0.15, 0.2) is 11.5 Å². The summed E-state index contributed by atoms with van der Waals surface area (Å²) < 4.78 is 0. The number of rotatable bonds is 3. The number of carboxylic acid groups (broad SMARTS) is 1. The fourth-order valence-corrected chi connectivity index (χ4v) is 2.55. The van der Waals surface area contributed by atoms with E-state index in [-0.39, 0.29) is 12.0 Å². The van der Waals surface area contributed by atoms with Crippen molar-refractivity contribution in [3.8, 4) is 0 Å². The zero-order valence-electron chi connectivity index (χ0n) is 10.3. The van der Waals surface area contributed by atoms with Crippen LogP contribution in [0.5, 0.6) is 0 Å². The molecule has 19 heavy (non-hydrogen) atoms. The lowest BCUT2D eigenvalue weighted by Gasteiger charge is -2.27. The first-order valence-electron chi connectivity index (χ1n) is 6.37. The SMILES string of the molecule is O=C(O)C1CCC(Nc2ncnc3nc[nH]c23)CC1. The number of hydrogen-bond donors (Lipinski definition) is 3. The lowest BCUT2D eigenvalue weighted by atomic mass is 9.86. The van der Waals surface area contributed by atoms with E-state index in [1.54, 1.807) is 6.33 Å². The number of aromatic nitrogens is 4. The molecule has 3 N–H and O–H groups in total. The highest BCUT2D eigenvalue weighted by Crippen LogP contribution is 2.27. The van der Waals surface area contributed by atoms with Gasteiger partial charge in [-0.05, 0) is 25.7 Å². The smallest absolute Gasteiger partial charge is 0.306 e. The molecule has 2 heterocycles. The summed E-state index contributed by atoms with van der Waals surface area (Å²) in [5.74, 6) is -0.145. The number of H-pyrrole nitrogens is 1. The van der Waals surface area contributed by atoms with Gasteiger partial charge in [0.2, 0.25) is 0 Å². The average Bonchev–Trinajstić information content (AvgIpc) is 2.89. The monoisotopic (exact) mass is 261 g/mol. The molecule has 0 bridgehead atoms. The summed E-state index contributed by atoms with van der Waals surface area (Å²) in [4.78, 5) is 26.3. The molecule has 0 saturated heterocycles. The lowest BCUT2D eigenvalue weighted by molar-refractivity contribution is -0.142. The van der Waals surface area contributed by atoms with Crippen LogP contribution in [-0.4, -0.2) is 37.1 Å². The number of fused-ring (bicyclic) bond motifs is 1. The van der Waals surface area contributed by atoms with Crippen LogP contribution in [0.1, 0.15) is 25.7 Å². The Morgan fingerprint density at radius 2 is 2.05 bits per heavy atom. The quantitative estimate of drug-likeness (QED) is 0.771. The van der Waals surface area contributed by atoms with Gasteiger partial charge in [-0.25, -0.2) is 15.0 Å². The summed E-state index contributed by atoms with van der Waals surface area (Å²) in [5.41, 5.74) is 1.43. The van der Waals surface area contributed by atoms with E-state index >= 15 is 0 Å². The van der Waals surface area contributed by atoms with E-state index in [2.05, 4.69) is 25.3 Å². The van der Waals surface area contributed by atoms with Crippen molar-refractivity contribution >= 4 is 23.0 Å². The fraction of sp³-hybridized carbons (Fsp3) is 0.500. The summed E-state index contributed by atoms with van der Waals surface area (Å²) in [5, 5.41) is 12.3. The van der Waals surface area contributed by atoms with Crippen LogP contribution >= 0.6 is 0 Å². The van der Waals surface area contributed by atoms with Gasteiger partial charge in [0.25, 0.3) is 0 Å². The molecular formula is C12H15N5O2. The number of anilines is 1. The van der Waals surface area contributed by atoms with Gasteiger partial charge in [0.1, 0.15) is 11.8 Å². The highest BCUT2D eigenvalue weighted by molar-refractivity contribution is 5.82. The highest BCUT2D eigenvalue weighted by Gasteiger charge is 2.26. The topological polar surface area (TPSA) is 104 Å². The molecule has 3 rings (SSSR count). The van der Waals surface area contributed by atoms with Gasteiger partial charge in [-0.1, -0.05) is 0 Å². The van der Waals surface area contributed by atoms with Crippen LogP contribution in [0.25, 0.3) is 11.2 Å². The molecular weight excluding hydrogens is 246 g/mol. The van der Waals surface area contributed by atoms with Crippen molar-refractivity contribution in [3.05, 3.63) is 12.7 Å². The Morgan fingerprint density at radius 3 is 2.79 bits per heavy atom. The maximum atomic E-state index is 10.9. The number of nitrogens with one attached hydrogen (secondary N) is 2. The van der Waals surface area contributed by atoms with Crippen LogP contribution in [0.15, 0.2) is 12.7 Å². The first kappa shape index (κ1) is 11.9. The summed E-state index contributed by atoms with van der Waals surface area (Å²) in [6.45, 7) is 0. The molecule has 0 radical (unpaired) electrons. The molecule has 0 amide bonds. The number of nitrogens with zero attached hydrogens (tertiary/aromatic N) is 3. The number of aliphatic carboxylic acids is 1. The summed E-state index contributed by atoms with van der Waals surface area (Å²) in [6, 6.07) is 0.261. The molecule has 7 heteroatoms. The van der Waals surface area contributed by atoms with Crippen molar-refractivity contribution in [1.82, 2.24) is 19.9 Å². The molecule has 0 unspecified atom stereocenters. The van der Waals surface area contributed by atoms with E-state index in [0.29, 0.717) is 18.5 Å². The first-order chi connectivity index (χ1) is 9.24. The van der Waals surface area contributed by atoms with Crippen LogP contribution in [0, 0.1) is 5.92 Å². The molecule has 0 aromatic carbocycles. The first-order valence-corrected chi connectivity index (χ1v) is 6.37. The van der Waals surface area contributed by atoms with Crippen molar-refractivity contribution < 1.29 is 9.90 Å². The van der Waals surface area contributed by atoms with Crippen molar-refractivity contribution in [2.24, 2.45) is 5.92 Å².